The van der Waals surface area contributed by atoms with Gasteiger partial charge in [0.05, 0.1) is 9.92 Å². The highest BCUT2D eigenvalue weighted by Gasteiger charge is 2.10. The number of sulfonamides is 1. The zero-order chi connectivity index (χ0) is 18.0. The number of nitrogens with one attached hydrogen (secondary N) is 1. The van der Waals surface area contributed by atoms with Gasteiger partial charge in [-0.05, 0) is 30.3 Å². The third kappa shape index (κ3) is 4.08. The van der Waals surface area contributed by atoms with Crippen molar-refractivity contribution in [2.75, 3.05) is 5.32 Å². The van der Waals surface area contributed by atoms with Crippen LogP contribution in [0.15, 0.2) is 59.5 Å². The van der Waals surface area contributed by atoms with Gasteiger partial charge in [-0.3, -0.25) is 4.79 Å². The van der Waals surface area contributed by atoms with Gasteiger partial charge in [0, 0.05) is 26.7 Å². The maximum Gasteiger partial charge on any atom is 0.248 e. The van der Waals surface area contributed by atoms with Crippen LogP contribution in [0.4, 0.5) is 5.69 Å². The van der Waals surface area contributed by atoms with E-state index in [1.165, 1.54) is 35.6 Å². The first kappa shape index (κ1) is 17.6. The summed E-state index contributed by atoms with van der Waals surface area (Å²) >= 11 is 7.80. The molecule has 1 aromatic heterocycles. The van der Waals surface area contributed by atoms with Crippen molar-refractivity contribution in [3.05, 3.63) is 64.5 Å². The number of nitrogens with two attached hydrogens (primary N) is 1. The van der Waals surface area contributed by atoms with Crippen LogP contribution in [0.2, 0.25) is 5.02 Å². The maximum absolute atomic E-state index is 12.1. The van der Waals surface area contributed by atoms with E-state index in [2.05, 4.69) is 5.32 Å². The van der Waals surface area contributed by atoms with Crippen LogP contribution in [0.3, 0.4) is 0 Å². The number of primary sulfonamides is 1. The topological polar surface area (TPSA) is 89.3 Å². The smallest absolute Gasteiger partial charge is 0.248 e. The van der Waals surface area contributed by atoms with Crippen molar-refractivity contribution in [3.63, 3.8) is 0 Å². The number of thiophene rings is 1. The Bertz CT molecular complexity index is 1090. The first-order chi connectivity index (χ1) is 11.8. The number of amides is 1. The van der Waals surface area contributed by atoms with E-state index in [-0.39, 0.29) is 4.90 Å². The number of fused-ring (bicyclic) bond motifs is 1. The predicted molar refractivity (Wildman–Crippen MR) is 102 cm³/mol. The second kappa shape index (κ2) is 6.97. The average molecular weight is 393 g/mol. The molecule has 2 aromatic carbocycles. The van der Waals surface area contributed by atoms with Gasteiger partial charge in [-0.15, -0.1) is 11.3 Å². The fourth-order valence-corrected chi connectivity index (χ4v) is 4.18. The Labute approximate surface area is 153 Å². The van der Waals surface area contributed by atoms with Crippen molar-refractivity contribution in [1.82, 2.24) is 0 Å². The third-order valence-corrected chi connectivity index (χ3v) is 5.94. The highest BCUT2D eigenvalue weighted by Crippen LogP contribution is 2.35. The van der Waals surface area contributed by atoms with E-state index in [1.54, 1.807) is 12.1 Å². The summed E-state index contributed by atoms with van der Waals surface area (Å²) in [5, 5.41) is 9.21. The Kier molecular flexibility index (Phi) is 4.91. The van der Waals surface area contributed by atoms with Crippen LogP contribution in [-0.2, 0) is 14.8 Å². The molecular weight excluding hydrogens is 380 g/mol. The van der Waals surface area contributed by atoms with E-state index in [0.29, 0.717) is 10.7 Å². The molecule has 5 nitrogen and oxygen atoms in total. The van der Waals surface area contributed by atoms with Crippen molar-refractivity contribution >= 4 is 60.7 Å². The Morgan fingerprint density at radius 3 is 2.64 bits per heavy atom. The van der Waals surface area contributed by atoms with E-state index >= 15 is 0 Å². The largest absolute Gasteiger partial charge is 0.322 e. The van der Waals surface area contributed by atoms with Crippen LogP contribution >= 0.6 is 22.9 Å². The van der Waals surface area contributed by atoms with Gasteiger partial charge in [0.25, 0.3) is 0 Å². The van der Waals surface area contributed by atoms with Crippen LogP contribution in [-0.4, -0.2) is 14.3 Å². The quantitative estimate of drug-likeness (QED) is 0.661. The van der Waals surface area contributed by atoms with Crippen LogP contribution in [0, 0.1) is 0 Å². The summed E-state index contributed by atoms with van der Waals surface area (Å²) in [6.07, 6.45) is 2.98. The number of carbonyl (C=O) groups is 1. The van der Waals surface area contributed by atoms with E-state index < -0.39 is 15.9 Å². The van der Waals surface area contributed by atoms with Crippen molar-refractivity contribution < 1.29 is 13.2 Å². The molecule has 0 saturated heterocycles. The molecule has 25 heavy (non-hydrogen) atoms. The molecule has 0 fully saturated rings. The standard InChI is InChI=1S/C17H13ClN2O3S2/c18-17-13-6-1-2-7-14(13)24-15(17)8-9-16(21)20-11-4-3-5-12(10-11)25(19,22)23/h1-10H,(H,20,21)(H2,19,22,23). The zero-order valence-corrected chi connectivity index (χ0v) is 15.2. The molecular formula is C17H13ClN2O3S2. The molecule has 8 heteroatoms. The monoisotopic (exact) mass is 392 g/mol. The van der Waals surface area contributed by atoms with Gasteiger partial charge in [0.2, 0.25) is 15.9 Å². The molecule has 0 bridgehead atoms. The Balaban J connectivity index is 1.78. The minimum atomic E-state index is -3.82. The first-order valence-electron chi connectivity index (χ1n) is 7.13. The molecule has 0 saturated carbocycles. The molecule has 1 amide bonds. The van der Waals surface area contributed by atoms with Crippen LogP contribution in [0.1, 0.15) is 4.88 Å². The number of hydrogen-bond donors (Lipinski definition) is 2. The number of hydrogen-bond acceptors (Lipinski definition) is 4. The molecule has 3 rings (SSSR count). The number of anilines is 1. The fraction of sp³-hybridized carbons (Fsp3) is 0. The van der Waals surface area contributed by atoms with E-state index in [4.69, 9.17) is 16.7 Å². The van der Waals surface area contributed by atoms with Crippen molar-refractivity contribution in [3.8, 4) is 0 Å². The van der Waals surface area contributed by atoms with Gasteiger partial charge < -0.3 is 5.32 Å². The van der Waals surface area contributed by atoms with Gasteiger partial charge >= 0.3 is 0 Å². The fourth-order valence-electron chi connectivity index (χ4n) is 2.23. The van der Waals surface area contributed by atoms with Gasteiger partial charge in [-0.1, -0.05) is 35.9 Å². The lowest BCUT2D eigenvalue weighted by Gasteiger charge is -2.04. The van der Waals surface area contributed by atoms with E-state index in [1.807, 2.05) is 24.3 Å². The molecule has 1 heterocycles. The lowest BCUT2D eigenvalue weighted by atomic mass is 10.2. The van der Waals surface area contributed by atoms with Crippen molar-refractivity contribution in [1.29, 1.82) is 0 Å². The summed E-state index contributed by atoms with van der Waals surface area (Å²) in [5.74, 6) is -0.403. The summed E-state index contributed by atoms with van der Waals surface area (Å²) < 4.78 is 23.7. The van der Waals surface area contributed by atoms with E-state index in [0.717, 1.165) is 15.0 Å². The summed E-state index contributed by atoms with van der Waals surface area (Å²) in [4.78, 5) is 12.8. The molecule has 0 spiro atoms. The minimum absolute atomic E-state index is 0.0677. The average Bonchev–Trinajstić information content (AvgIpc) is 2.89. The van der Waals surface area contributed by atoms with E-state index in [9.17, 15) is 13.2 Å². The third-order valence-electron chi connectivity index (χ3n) is 3.38. The second-order valence-electron chi connectivity index (χ2n) is 5.17. The summed E-state index contributed by atoms with van der Waals surface area (Å²) in [5.41, 5.74) is 0.337. The van der Waals surface area contributed by atoms with Gasteiger partial charge in [-0.25, -0.2) is 13.6 Å². The number of halogens is 1. The van der Waals surface area contributed by atoms with Gasteiger partial charge in [0.15, 0.2) is 0 Å². The summed E-state index contributed by atoms with van der Waals surface area (Å²) in [7, 11) is -3.82. The highest BCUT2D eigenvalue weighted by atomic mass is 35.5. The summed E-state index contributed by atoms with van der Waals surface area (Å²) in [6, 6.07) is 13.4. The summed E-state index contributed by atoms with van der Waals surface area (Å²) in [6.45, 7) is 0. The predicted octanol–water partition coefficient (Wildman–Crippen LogP) is 3.85. The maximum atomic E-state index is 12.1. The van der Waals surface area contributed by atoms with Crippen LogP contribution < -0.4 is 10.5 Å². The molecule has 0 aliphatic rings. The molecule has 0 radical (unpaired) electrons. The normalized spacial score (nSPS) is 11.9. The Morgan fingerprint density at radius 2 is 1.92 bits per heavy atom. The Hall–Kier alpha value is -2.19. The molecule has 0 aliphatic carbocycles. The number of carbonyl (C=O) groups excluding carboxylic acids is 1. The molecule has 0 aliphatic heterocycles. The van der Waals surface area contributed by atoms with Crippen molar-refractivity contribution in [2.45, 2.75) is 4.90 Å². The molecule has 3 aromatic rings. The lowest BCUT2D eigenvalue weighted by Crippen LogP contribution is -2.13. The first-order valence-corrected chi connectivity index (χ1v) is 9.87. The highest BCUT2D eigenvalue weighted by molar-refractivity contribution is 7.89. The molecule has 0 atom stereocenters. The molecule has 3 N–H and O–H groups in total. The van der Waals surface area contributed by atoms with Gasteiger partial charge in [0.1, 0.15) is 0 Å². The second-order valence-corrected chi connectivity index (χ2v) is 8.20. The van der Waals surface area contributed by atoms with Crippen LogP contribution in [0.5, 0.6) is 0 Å². The Morgan fingerprint density at radius 1 is 1.16 bits per heavy atom. The van der Waals surface area contributed by atoms with Crippen LogP contribution in [0.25, 0.3) is 16.2 Å². The number of rotatable bonds is 4. The molecule has 0 unspecified atom stereocenters. The molecule has 128 valence electrons. The van der Waals surface area contributed by atoms with Gasteiger partial charge in [-0.2, -0.15) is 0 Å². The number of benzene rings is 2. The lowest BCUT2D eigenvalue weighted by molar-refractivity contribution is -0.111. The van der Waals surface area contributed by atoms with Crippen molar-refractivity contribution in [2.24, 2.45) is 5.14 Å². The SMILES string of the molecule is NS(=O)(=O)c1cccc(NC(=O)C=Cc2sc3ccccc3c2Cl)c1. The zero-order valence-electron chi connectivity index (χ0n) is 12.8. The minimum Gasteiger partial charge on any atom is -0.322 e.